The molecular weight excluding hydrogens is 459 g/mol. The van der Waals surface area contributed by atoms with Crippen LogP contribution in [0.1, 0.15) is 34.3 Å². The van der Waals surface area contributed by atoms with Crippen LogP contribution in [-0.2, 0) is 6.54 Å². The second-order valence-electron chi connectivity index (χ2n) is 7.91. The van der Waals surface area contributed by atoms with Crippen molar-refractivity contribution < 1.29 is 14.3 Å². The molecule has 1 aliphatic heterocycles. The summed E-state index contributed by atoms with van der Waals surface area (Å²) in [5.74, 6) is 0.292. The summed E-state index contributed by atoms with van der Waals surface area (Å²) in [6, 6.07) is 16.5. The molecule has 33 heavy (non-hydrogen) atoms. The Kier molecular flexibility index (Phi) is 5.71. The fraction of sp³-hybridized carbons (Fsp3) is 0.154. The predicted octanol–water partition coefficient (Wildman–Crippen LogP) is 6.88. The SMILES string of the molecule is CCN1C/C(=C/c2ccc(-c3cccc(Cl)c3Cl)o2)c2nc3ccccc3c(C(=O)O)c2C1. The smallest absolute Gasteiger partial charge is 0.336 e. The molecule has 0 aliphatic carbocycles. The molecule has 0 saturated carbocycles. The minimum absolute atomic E-state index is 0.311. The van der Waals surface area contributed by atoms with Crippen LogP contribution in [0.5, 0.6) is 0 Å². The van der Waals surface area contributed by atoms with Crippen molar-refractivity contribution in [3.05, 3.63) is 87.2 Å². The van der Waals surface area contributed by atoms with Crippen LogP contribution in [0, 0.1) is 0 Å². The number of likely N-dealkylation sites (N-methyl/N-ethyl adjacent to an activating group) is 1. The monoisotopic (exact) mass is 478 g/mol. The summed E-state index contributed by atoms with van der Waals surface area (Å²) in [4.78, 5) is 19.3. The molecule has 0 unspecified atom stereocenters. The molecule has 0 atom stereocenters. The molecule has 3 heterocycles. The first-order valence-corrected chi connectivity index (χ1v) is 11.3. The van der Waals surface area contributed by atoms with Gasteiger partial charge in [0.1, 0.15) is 11.5 Å². The highest BCUT2D eigenvalue weighted by atomic mass is 35.5. The topological polar surface area (TPSA) is 66.6 Å². The molecule has 0 bridgehead atoms. The number of fused-ring (bicyclic) bond motifs is 2. The van der Waals surface area contributed by atoms with E-state index in [4.69, 9.17) is 32.6 Å². The highest BCUT2D eigenvalue weighted by Gasteiger charge is 2.28. The van der Waals surface area contributed by atoms with Crippen molar-refractivity contribution in [3.63, 3.8) is 0 Å². The second kappa shape index (κ2) is 8.67. The normalized spacial score (nSPS) is 15.2. The molecule has 0 saturated heterocycles. The lowest BCUT2D eigenvalue weighted by molar-refractivity contribution is 0.0696. The maximum Gasteiger partial charge on any atom is 0.336 e. The highest BCUT2D eigenvalue weighted by molar-refractivity contribution is 6.43. The Morgan fingerprint density at radius 2 is 1.94 bits per heavy atom. The minimum atomic E-state index is -0.946. The first kappa shape index (κ1) is 21.7. The fourth-order valence-electron chi connectivity index (χ4n) is 4.29. The molecule has 5 nitrogen and oxygen atoms in total. The Labute approximate surface area is 200 Å². The number of benzene rings is 2. The zero-order valence-corrected chi connectivity index (χ0v) is 19.3. The Balaban J connectivity index is 1.65. The lowest BCUT2D eigenvalue weighted by Crippen LogP contribution is -2.31. The number of nitrogens with zero attached hydrogens (tertiary/aromatic N) is 2. The fourth-order valence-corrected chi connectivity index (χ4v) is 4.68. The Morgan fingerprint density at radius 3 is 2.73 bits per heavy atom. The van der Waals surface area contributed by atoms with Gasteiger partial charge in [-0.25, -0.2) is 9.78 Å². The summed E-state index contributed by atoms with van der Waals surface area (Å²) in [7, 11) is 0. The van der Waals surface area contributed by atoms with Crippen molar-refractivity contribution in [2.45, 2.75) is 13.5 Å². The van der Waals surface area contributed by atoms with Crippen LogP contribution >= 0.6 is 23.2 Å². The molecule has 166 valence electrons. The van der Waals surface area contributed by atoms with Crippen molar-refractivity contribution in [2.24, 2.45) is 0 Å². The molecular formula is C26H20Cl2N2O3. The van der Waals surface area contributed by atoms with Gasteiger partial charge in [-0.15, -0.1) is 0 Å². The number of furan rings is 1. The van der Waals surface area contributed by atoms with Crippen LogP contribution in [0.15, 0.2) is 59.0 Å². The summed E-state index contributed by atoms with van der Waals surface area (Å²) < 4.78 is 6.08. The lowest BCUT2D eigenvalue weighted by atomic mass is 9.92. The van der Waals surface area contributed by atoms with Gasteiger partial charge in [0, 0.05) is 29.6 Å². The molecule has 2 aromatic heterocycles. The first-order chi connectivity index (χ1) is 16.0. The zero-order valence-electron chi connectivity index (χ0n) is 17.8. The molecule has 4 aromatic rings. The van der Waals surface area contributed by atoms with Gasteiger partial charge in [-0.1, -0.05) is 54.4 Å². The molecule has 0 radical (unpaired) electrons. The number of halogens is 2. The summed E-state index contributed by atoms with van der Waals surface area (Å²) in [5.41, 5.74) is 4.02. The minimum Gasteiger partial charge on any atom is -0.478 e. The number of aromatic nitrogens is 1. The molecule has 1 aliphatic rings. The summed E-state index contributed by atoms with van der Waals surface area (Å²) in [6.07, 6.45) is 1.93. The Morgan fingerprint density at radius 1 is 1.12 bits per heavy atom. The van der Waals surface area contributed by atoms with E-state index in [1.807, 2.05) is 54.6 Å². The van der Waals surface area contributed by atoms with E-state index in [0.29, 0.717) is 62.4 Å². The number of hydrogen-bond donors (Lipinski definition) is 1. The van der Waals surface area contributed by atoms with E-state index in [1.165, 1.54) is 0 Å². The maximum absolute atomic E-state index is 12.3. The van der Waals surface area contributed by atoms with Gasteiger partial charge >= 0.3 is 5.97 Å². The number of hydrogen-bond acceptors (Lipinski definition) is 4. The van der Waals surface area contributed by atoms with E-state index in [9.17, 15) is 9.90 Å². The molecule has 5 rings (SSSR count). The predicted molar refractivity (Wildman–Crippen MR) is 132 cm³/mol. The van der Waals surface area contributed by atoms with Crippen molar-refractivity contribution in [2.75, 3.05) is 13.1 Å². The summed E-state index contributed by atoms with van der Waals surface area (Å²) in [5, 5.41) is 11.6. The van der Waals surface area contributed by atoms with Crippen molar-refractivity contribution in [1.29, 1.82) is 0 Å². The van der Waals surface area contributed by atoms with Gasteiger partial charge in [0.15, 0.2) is 0 Å². The van der Waals surface area contributed by atoms with Gasteiger partial charge in [-0.05, 0) is 48.5 Å². The number of carbonyl (C=O) groups is 1. The average Bonchev–Trinajstić information content (AvgIpc) is 3.27. The van der Waals surface area contributed by atoms with Crippen molar-refractivity contribution in [1.82, 2.24) is 9.88 Å². The molecule has 2 aromatic carbocycles. The van der Waals surface area contributed by atoms with Crippen LogP contribution in [-0.4, -0.2) is 34.0 Å². The third-order valence-electron chi connectivity index (χ3n) is 5.89. The molecule has 7 heteroatoms. The number of carboxylic acid groups (broad SMARTS) is 1. The van der Waals surface area contributed by atoms with E-state index in [1.54, 1.807) is 6.07 Å². The average molecular weight is 479 g/mol. The van der Waals surface area contributed by atoms with E-state index >= 15 is 0 Å². The first-order valence-electron chi connectivity index (χ1n) is 10.6. The third-order valence-corrected chi connectivity index (χ3v) is 6.71. The molecule has 0 spiro atoms. The van der Waals surface area contributed by atoms with Gasteiger partial charge in [0.25, 0.3) is 0 Å². The van der Waals surface area contributed by atoms with Crippen LogP contribution < -0.4 is 0 Å². The van der Waals surface area contributed by atoms with E-state index in [-0.39, 0.29) is 0 Å². The molecule has 1 N–H and O–H groups in total. The van der Waals surface area contributed by atoms with E-state index in [0.717, 1.165) is 17.7 Å². The molecule has 0 amide bonds. The van der Waals surface area contributed by atoms with Gasteiger partial charge in [0.2, 0.25) is 0 Å². The number of para-hydroxylation sites is 1. The number of aromatic carboxylic acids is 1. The quantitative estimate of drug-likeness (QED) is 0.346. The second-order valence-corrected chi connectivity index (χ2v) is 8.70. The Bertz CT molecular complexity index is 1420. The summed E-state index contributed by atoms with van der Waals surface area (Å²) >= 11 is 12.5. The Hall–Kier alpha value is -3.12. The zero-order chi connectivity index (χ0) is 23.1. The number of pyridine rings is 1. The molecule has 0 fully saturated rings. The highest BCUT2D eigenvalue weighted by Crippen LogP contribution is 2.37. The van der Waals surface area contributed by atoms with E-state index < -0.39 is 5.97 Å². The van der Waals surface area contributed by atoms with Crippen molar-refractivity contribution in [3.8, 4) is 11.3 Å². The van der Waals surface area contributed by atoms with Crippen LogP contribution in [0.25, 0.3) is 33.9 Å². The van der Waals surface area contributed by atoms with Crippen molar-refractivity contribution >= 4 is 51.7 Å². The van der Waals surface area contributed by atoms with Crippen LogP contribution in [0.2, 0.25) is 10.0 Å². The van der Waals surface area contributed by atoms with Gasteiger partial charge in [-0.3, -0.25) is 4.90 Å². The number of rotatable bonds is 4. The van der Waals surface area contributed by atoms with Crippen LogP contribution in [0.3, 0.4) is 0 Å². The van der Waals surface area contributed by atoms with Gasteiger partial charge in [-0.2, -0.15) is 0 Å². The lowest BCUT2D eigenvalue weighted by Gasteiger charge is -2.30. The van der Waals surface area contributed by atoms with Crippen LogP contribution in [0.4, 0.5) is 0 Å². The largest absolute Gasteiger partial charge is 0.478 e. The number of carboxylic acids is 1. The van der Waals surface area contributed by atoms with E-state index in [2.05, 4.69) is 11.8 Å². The van der Waals surface area contributed by atoms with Gasteiger partial charge in [0.05, 0.1) is 26.8 Å². The third kappa shape index (κ3) is 3.93. The van der Waals surface area contributed by atoms with Gasteiger partial charge < -0.3 is 9.52 Å². The standard InChI is InChI=1S/C26H20Cl2N2O3/c1-2-30-13-15(12-16-10-11-22(33-16)18-7-5-8-20(27)24(18)28)25-19(14-30)23(26(31)32)17-6-3-4-9-21(17)29-25/h3-12H,2,13-14H2,1H3,(H,31,32)/b15-12-. The summed E-state index contributed by atoms with van der Waals surface area (Å²) in [6.45, 7) is 4.01. The maximum atomic E-state index is 12.3.